The van der Waals surface area contributed by atoms with Crippen LogP contribution in [0.25, 0.3) is 0 Å². The molecular formula is C11H14FNO3. The van der Waals surface area contributed by atoms with E-state index in [2.05, 4.69) is 5.32 Å². The Bertz CT molecular complexity index is 399. The molecule has 1 aromatic carbocycles. The Balaban J connectivity index is 2.74. The van der Waals surface area contributed by atoms with Gasteiger partial charge < -0.3 is 15.5 Å². The first-order valence-corrected chi connectivity index (χ1v) is 4.79. The van der Waals surface area contributed by atoms with E-state index in [1.54, 1.807) is 0 Å². The van der Waals surface area contributed by atoms with E-state index in [1.165, 1.54) is 26.0 Å². The zero-order chi connectivity index (χ0) is 12.3. The van der Waals surface area contributed by atoms with Crippen molar-refractivity contribution in [3.63, 3.8) is 0 Å². The molecule has 1 amide bonds. The van der Waals surface area contributed by atoms with Crippen LogP contribution in [0.4, 0.5) is 4.39 Å². The van der Waals surface area contributed by atoms with Crippen molar-refractivity contribution < 1.29 is 19.4 Å². The van der Waals surface area contributed by atoms with Gasteiger partial charge in [0.1, 0.15) is 11.6 Å². The summed E-state index contributed by atoms with van der Waals surface area (Å²) in [5.41, 5.74) is -1.22. The number of hydrogen-bond acceptors (Lipinski definition) is 3. The van der Waals surface area contributed by atoms with Gasteiger partial charge in [0.05, 0.1) is 11.2 Å². The summed E-state index contributed by atoms with van der Waals surface area (Å²) in [5, 5.41) is 20.7. The molecule has 0 saturated heterocycles. The van der Waals surface area contributed by atoms with E-state index in [-0.39, 0.29) is 17.9 Å². The number of carbonyl (C=O) groups is 1. The molecule has 0 spiro atoms. The molecule has 1 rings (SSSR count). The first-order valence-electron chi connectivity index (χ1n) is 4.79. The zero-order valence-corrected chi connectivity index (χ0v) is 9.12. The fourth-order valence-electron chi connectivity index (χ4n) is 1.08. The summed E-state index contributed by atoms with van der Waals surface area (Å²) in [6.07, 6.45) is 0. The summed E-state index contributed by atoms with van der Waals surface area (Å²) in [4.78, 5) is 11.5. The molecule has 1 aromatic rings. The Morgan fingerprint density at radius 3 is 2.62 bits per heavy atom. The molecule has 0 atom stereocenters. The van der Waals surface area contributed by atoms with Crippen molar-refractivity contribution in [2.45, 2.75) is 19.4 Å². The largest absolute Gasteiger partial charge is 0.508 e. The fourth-order valence-corrected chi connectivity index (χ4v) is 1.08. The molecule has 5 heteroatoms. The van der Waals surface area contributed by atoms with Crippen molar-refractivity contribution in [2.75, 3.05) is 6.54 Å². The van der Waals surface area contributed by atoms with Gasteiger partial charge in [-0.3, -0.25) is 4.79 Å². The van der Waals surface area contributed by atoms with Crippen LogP contribution in [0, 0.1) is 5.82 Å². The van der Waals surface area contributed by atoms with Crippen LogP contribution in [0.1, 0.15) is 24.2 Å². The van der Waals surface area contributed by atoms with Crippen LogP contribution >= 0.6 is 0 Å². The third kappa shape index (κ3) is 3.51. The maximum atomic E-state index is 13.2. The second-order valence-electron chi connectivity index (χ2n) is 4.16. The Hall–Kier alpha value is -1.62. The monoisotopic (exact) mass is 227 g/mol. The van der Waals surface area contributed by atoms with Crippen LogP contribution in [-0.4, -0.2) is 28.3 Å². The van der Waals surface area contributed by atoms with Gasteiger partial charge in [-0.1, -0.05) is 0 Å². The van der Waals surface area contributed by atoms with Gasteiger partial charge in [-0.15, -0.1) is 0 Å². The Labute approximate surface area is 92.7 Å². The van der Waals surface area contributed by atoms with Crippen LogP contribution in [0.2, 0.25) is 0 Å². The molecule has 0 radical (unpaired) electrons. The lowest BCUT2D eigenvalue weighted by Gasteiger charge is -2.17. The van der Waals surface area contributed by atoms with Gasteiger partial charge in [0, 0.05) is 12.6 Å². The summed E-state index contributed by atoms with van der Waals surface area (Å²) >= 11 is 0. The zero-order valence-electron chi connectivity index (χ0n) is 9.12. The lowest BCUT2D eigenvalue weighted by Crippen LogP contribution is -2.38. The summed E-state index contributed by atoms with van der Waals surface area (Å²) in [6.45, 7) is 3.08. The molecular weight excluding hydrogens is 213 g/mol. The van der Waals surface area contributed by atoms with Crippen molar-refractivity contribution in [1.82, 2.24) is 5.32 Å². The van der Waals surface area contributed by atoms with Gasteiger partial charge in [-0.25, -0.2) is 4.39 Å². The number of amides is 1. The van der Waals surface area contributed by atoms with E-state index in [1.807, 2.05) is 0 Å². The first-order chi connectivity index (χ1) is 7.29. The van der Waals surface area contributed by atoms with Crippen LogP contribution in [0.5, 0.6) is 5.75 Å². The van der Waals surface area contributed by atoms with Crippen molar-refractivity contribution in [1.29, 1.82) is 0 Å². The SMILES string of the molecule is CC(C)(O)CNC(=O)c1ccc(O)cc1F. The van der Waals surface area contributed by atoms with E-state index in [0.717, 1.165) is 6.07 Å². The molecule has 0 aliphatic carbocycles. The number of aromatic hydroxyl groups is 1. The highest BCUT2D eigenvalue weighted by Gasteiger charge is 2.17. The van der Waals surface area contributed by atoms with Gasteiger partial charge in [0.15, 0.2) is 0 Å². The maximum absolute atomic E-state index is 13.2. The number of hydrogen-bond donors (Lipinski definition) is 3. The molecule has 0 saturated carbocycles. The second kappa shape index (κ2) is 4.49. The second-order valence-corrected chi connectivity index (χ2v) is 4.16. The number of aliphatic hydroxyl groups is 1. The van der Waals surface area contributed by atoms with E-state index in [9.17, 15) is 14.3 Å². The number of phenols is 1. The van der Waals surface area contributed by atoms with Crippen LogP contribution < -0.4 is 5.32 Å². The molecule has 0 fully saturated rings. The summed E-state index contributed by atoms with van der Waals surface area (Å²) in [7, 11) is 0. The van der Waals surface area contributed by atoms with E-state index in [4.69, 9.17) is 5.11 Å². The first kappa shape index (κ1) is 12.4. The predicted molar refractivity (Wildman–Crippen MR) is 56.7 cm³/mol. The topological polar surface area (TPSA) is 69.6 Å². The molecule has 0 aromatic heterocycles. The van der Waals surface area contributed by atoms with E-state index in [0.29, 0.717) is 0 Å². The number of nitrogens with one attached hydrogen (secondary N) is 1. The molecule has 0 aliphatic heterocycles. The van der Waals surface area contributed by atoms with Crippen molar-refractivity contribution in [3.8, 4) is 5.75 Å². The predicted octanol–water partition coefficient (Wildman–Crippen LogP) is 1.03. The molecule has 4 nitrogen and oxygen atoms in total. The average Bonchev–Trinajstić information content (AvgIpc) is 2.13. The van der Waals surface area contributed by atoms with Gasteiger partial charge >= 0.3 is 0 Å². The highest BCUT2D eigenvalue weighted by atomic mass is 19.1. The normalized spacial score (nSPS) is 11.2. The van der Waals surface area contributed by atoms with Crippen molar-refractivity contribution in [2.24, 2.45) is 0 Å². The molecule has 88 valence electrons. The minimum Gasteiger partial charge on any atom is -0.508 e. The Morgan fingerprint density at radius 2 is 2.12 bits per heavy atom. The van der Waals surface area contributed by atoms with Gasteiger partial charge in [-0.2, -0.15) is 0 Å². The summed E-state index contributed by atoms with van der Waals surface area (Å²) < 4.78 is 13.2. The molecule has 0 unspecified atom stereocenters. The molecule has 3 N–H and O–H groups in total. The highest BCUT2D eigenvalue weighted by molar-refractivity contribution is 5.94. The Kier molecular flexibility index (Phi) is 3.49. The third-order valence-electron chi connectivity index (χ3n) is 1.88. The van der Waals surface area contributed by atoms with Gasteiger partial charge in [0.2, 0.25) is 0 Å². The standard InChI is InChI=1S/C11H14FNO3/c1-11(2,16)6-13-10(15)8-4-3-7(14)5-9(8)12/h3-5,14,16H,6H2,1-2H3,(H,13,15). The van der Waals surface area contributed by atoms with Gasteiger partial charge in [-0.05, 0) is 26.0 Å². The number of phenolic OH excluding ortho intramolecular Hbond substituents is 1. The maximum Gasteiger partial charge on any atom is 0.254 e. The van der Waals surface area contributed by atoms with Crippen molar-refractivity contribution in [3.05, 3.63) is 29.6 Å². The van der Waals surface area contributed by atoms with E-state index >= 15 is 0 Å². The minimum atomic E-state index is -1.05. The van der Waals surface area contributed by atoms with Crippen LogP contribution in [0.15, 0.2) is 18.2 Å². The molecule has 0 heterocycles. The molecule has 16 heavy (non-hydrogen) atoms. The fraction of sp³-hybridized carbons (Fsp3) is 0.364. The highest BCUT2D eigenvalue weighted by Crippen LogP contribution is 2.14. The number of carbonyl (C=O) groups excluding carboxylic acids is 1. The molecule has 0 bridgehead atoms. The minimum absolute atomic E-state index is 0.0200. The number of halogens is 1. The average molecular weight is 227 g/mol. The summed E-state index contributed by atoms with van der Waals surface area (Å²) in [5.74, 6) is -1.66. The summed E-state index contributed by atoms with van der Waals surface area (Å²) in [6, 6.07) is 3.27. The molecule has 0 aliphatic rings. The van der Waals surface area contributed by atoms with Crippen molar-refractivity contribution >= 4 is 5.91 Å². The lowest BCUT2D eigenvalue weighted by atomic mass is 10.1. The smallest absolute Gasteiger partial charge is 0.254 e. The Morgan fingerprint density at radius 1 is 1.50 bits per heavy atom. The van der Waals surface area contributed by atoms with Gasteiger partial charge in [0.25, 0.3) is 5.91 Å². The number of benzene rings is 1. The van der Waals surface area contributed by atoms with E-state index < -0.39 is 17.3 Å². The lowest BCUT2D eigenvalue weighted by molar-refractivity contribution is 0.0692. The number of rotatable bonds is 3. The van der Waals surface area contributed by atoms with Crippen LogP contribution in [0.3, 0.4) is 0 Å². The quantitative estimate of drug-likeness (QED) is 0.722. The third-order valence-corrected chi connectivity index (χ3v) is 1.88. The van der Waals surface area contributed by atoms with Crippen LogP contribution in [-0.2, 0) is 0 Å².